The van der Waals surface area contributed by atoms with Gasteiger partial charge in [-0.2, -0.15) is 0 Å². The number of benzene rings is 1. The summed E-state index contributed by atoms with van der Waals surface area (Å²) in [6, 6.07) is 6.33. The number of hydrogen-bond acceptors (Lipinski definition) is 4. The Morgan fingerprint density at radius 3 is 2.85 bits per heavy atom. The van der Waals surface area contributed by atoms with Crippen molar-refractivity contribution in [3.05, 3.63) is 35.7 Å². The Bertz CT molecular complexity index is 607. The fourth-order valence-corrected chi connectivity index (χ4v) is 2.91. The number of thioether (sulfide) groups is 1. The molecule has 0 saturated heterocycles. The maximum atomic E-state index is 10.9. The molecule has 106 valence electrons. The van der Waals surface area contributed by atoms with Gasteiger partial charge < -0.3 is 4.79 Å². The van der Waals surface area contributed by atoms with Crippen molar-refractivity contribution >= 4 is 17.5 Å². The van der Waals surface area contributed by atoms with E-state index in [1.807, 2.05) is 4.57 Å². The summed E-state index contributed by atoms with van der Waals surface area (Å²) in [6.45, 7) is 5.80. The first-order chi connectivity index (χ1) is 9.58. The average molecular weight is 289 g/mol. The molecule has 0 aliphatic carbocycles. The third-order valence-electron chi connectivity index (χ3n) is 3.03. The number of carbonyl (C=O) groups excluding carboxylic acids is 1. The molecule has 2 rings (SSSR count). The molecule has 0 bridgehead atoms. The zero-order valence-electron chi connectivity index (χ0n) is 12.1. The topological polar surface area (TPSA) is 47.8 Å². The summed E-state index contributed by atoms with van der Waals surface area (Å²) in [5, 5.41) is 9.04. The Morgan fingerprint density at radius 2 is 2.15 bits per heavy atom. The van der Waals surface area contributed by atoms with Crippen molar-refractivity contribution < 1.29 is 4.79 Å². The Labute approximate surface area is 123 Å². The van der Waals surface area contributed by atoms with Crippen LogP contribution in [0.15, 0.2) is 29.7 Å². The summed E-state index contributed by atoms with van der Waals surface area (Å²) in [5.41, 5.74) is 3.56. The number of carbonyl (C=O) groups is 1. The van der Waals surface area contributed by atoms with Crippen molar-refractivity contribution in [1.29, 1.82) is 0 Å². The molecular weight excluding hydrogens is 270 g/mol. The Hall–Kier alpha value is -1.62. The molecule has 1 aromatic heterocycles. The van der Waals surface area contributed by atoms with Crippen LogP contribution in [0.4, 0.5) is 0 Å². The average Bonchev–Trinajstić information content (AvgIpc) is 2.82. The van der Waals surface area contributed by atoms with Crippen LogP contribution in [0.25, 0.3) is 5.69 Å². The summed E-state index contributed by atoms with van der Waals surface area (Å²) >= 11 is 1.64. The molecule has 0 aliphatic heterocycles. The van der Waals surface area contributed by atoms with Crippen LogP contribution in [0.3, 0.4) is 0 Å². The maximum absolute atomic E-state index is 10.9. The van der Waals surface area contributed by atoms with E-state index in [-0.39, 0.29) is 5.78 Å². The van der Waals surface area contributed by atoms with Crippen LogP contribution in [0.1, 0.15) is 30.9 Å². The molecule has 0 N–H and O–H groups in total. The molecule has 0 spiro atoms. The van der Waals surface area contributed by atoms with E-state index in [2.05, 4.69) is 42.2 Å². The van der Waals surface area contributed by atoms with E-state index in [0.29, 0.717) is 6.42 Å². The minimum Gasteiger partial charge on any atom is -0.300 e. The van der Waals surface area contributed by atoms with E-state index in [1.165, 1.54) is 11.1 Å². The van der Waals surface area contributed by atoms with Crippen LogP contribution in [0, 0.1) is 13.8 Å². The Morgan fingerprint density at radius 1 is 1.35 bits per heavy atom. The quantitative estimate of drug-likeness (QED) is 0.604. The number of hydrogen-bond donors (Lipinski definition) is 0. The molecule has 2 aromatic rings. The van der Waals surface area contributed by atoms with Gasteiger partial charge in [0.15, 0.2) is 5.16 Å². The van der Waals surface area contributed by atoms with E-state index in [9.17, 15) is 4.79 Å². The van der Waals surface area contributed by atoms with Crippen LogP contribution in [0.2, 0.25) is 0 Å². The van der Waals surface area contributed by atoms with Crippen LogP contribution in [0.5, 0.6) is 0 Å². The number of aryl methyl sites for hydroxylation is 2. The molecule has 0 aliphatic rings. The van der Waals surface area contributed by atoms with Crippen molar-refractivity contribution in [3.63, 3.8) is 0 Å². The van der Waals surface area contributed by atoms with Crippen molar-refractivity contribution in [3.8, 4) is 5.69 Å². The highest BCUT2D eigenvalue weighted by molar-refractivity contribution is 7.99. The normalized spacial score (nSPS) is 10.8. The highest BCUT2D eigenvalue weighted by Crippen LogP contribution is 2.23. The molecule has 0 atom stereocenters. The molecule has 0 unspecified atom stereocenters. The van der Waals surface area contributed by atoms with Crippen LogP contribution in [-0.2, 0) is 4.79 Å². The first-order valence-electron chi connectivity index (χ1n) is 6.68. The lowest BCUT2D eigenvalue weighted by Crippen LogP contribution is -1.99. The van der Waals surface area contributed by atoms with Crippen molar-refractivity contribution in [2.24, 2.45) is 0 Å². The highest BCUT2D eigenvalue weighted by atomic mass is 32.2. The van der Waals surface area contributed by atoms with Crippen molar-refractivity contribution in [1.82, 2.24) is 14.8 Å². The van der Waals surface area contributed by atoms with Gasteiger partial charge in [0, 0.05) is 12.2 Å². The molecule has 0 amide bonds. The summed E-state index contributed by atoms with van der Waals surface area (Å²) in [7, 11) is 0. The van der Waals surface area contributed by atoms with Crippen LogP contribution >= 0.6 is 11.8 Å². The predicted molar refractivity (Wildman–Crippen MR) is 81.5 cm³/mol. The molecule has 1 heterocycles. The number of Topliss-reactive ketones (excluding diaryl/α,β-unsaturated/α-hetero) is 1. The highest BCUT2D eigenvalue weighted by Gasteiger charge is 2.09. The fraction of sp³-hybridized carbons (Fsp3) is 0.400. The second kappa shape index (κ2) is 6.70. The van der Waals surface area contributed by atoms with Gasteiger partial charge in [0.2, 0.25) is 0 Å². The zero-order valence-corrected chi connectivity index (χ0v) is 12.9. The minimum atomic E-state index is 0.237. The van der Waals surface area contributed by atoms with Gasteiger partial charge in [-0.05, 0) is 38.8 Å². The number of ketones is 1. The van der Waals surface area contributed by atoms with Gasteiger partial charge in [0.1, 0.15) is 12.1 Å². The SMILES string of the molecule is CC(=O)CCCSc1nncn1-c1ccc(C)cc1C. The van der Waals surface area contributed by atoms with Crippen LogP contribution < -0.4 is 0 Å². The van der Waals surface area contributed by atoms with E-state index in [4.69, 9.17) is 0 Å². The van der Waals surface area contributed by atoms with Gasteiger partial charge in [0.05, 0.1) is 5.69 Å². The monoisotopic (exact) mass is 289 g/mol. The lowest BCUT2D eigenvalue weighted by molar-refractivity contribution is -0.117. The standard InChI is InChI=1S/C15H19N3OS/c1-11-6-7-14(12(2)9-11)18-10-16-17-15(18)20-8-4-5-13(3)19/h6-7,9-10H,4-5,8H2,1-3H3. The van der Waals surface area contributed by atoms with E-state index in [1.54, 1.807) is 25.0 Å². The second-order valence-corrected chi connectivity index (χ2v) is 5.99. The van der Waals surface area contributed by atoms with Crippen LogP contribution in [-0.4, -0.2) is 26.3 Å². The minimum absolute atomic E-state index is 0.237. The molecule has 4 nitrogen and oxygen atoms in total. The van der Waals surface area contributed by atoms with Gasteiger partial charge in [-0.25, -0.2) is 0 Å². The summed E-state index contributed by atoms with van der Waals surface area (Å²) in [5.74, 6) is 1.12. The van der Waals surface area contributed by atoms with Gasteiger partial charge in [0.25, 0.3) is 0 Å². The molecule has 0 radical (unpaired) electrons. The number of nitrogens with zero attached hydrogens (tertiary/aromatic N) is 3. The predicted octanol–water partition coefficient (Wildman–Crippen LogP) is 3.35. The van der Waals surface area contributed by atoms with Crippen molar-refractivity contribution in [2.45, 2.75) is 38.8 Å². The smallest absolute Gasteiger partial charge is 0.195 e. The molecule has 20 heavy (non-hydrogen) atoms. The van der Waals surface area contributed by atoms with E-state index >= 15 is 0 Å². The maximum Gasteiger partial charge on any atom is 0.195 e. The van der Waals surface area contributed by atoms with Gasteiger partial charge in [-0.15, -0.1) is 10.2 Å². The first kappa shape index (κ1) is 14.8. The van der Waals surface area contributed by atoms with Crippen molar-refractivity contribution in [2.75, 3.05) is 5.75 Å². The largest absolute Gasteiger partial charge is 0.300 e. The molecule has 0 fully saturated rings. The number of aromatic nitrogens is 3. The van der Waals surface area contributed by atoms with E-state index in [0.717, 1.165) is 23.0 Å². The molecule has 0 saturated carbocycles. The summed E-state index contributed by atoms with van der Waals surface area (Å²) < 4.78 is 2.01. The lowest BCUT2D eigenvalue weighted by Gasteiger charge is -2.09. The fourth-order valence-electron chi connectivity index (χ4n) is 2.05. The summed E-state index contributed by atoms with van der Waals surface area (Å²) in [6.07, 6.45) is 3.25. The third-order valence-corrected chi connectivity index (χ3v) is 4.06. The second-order valence-electron chi connectivity index (χ2n) is 4.93. The Balaban J connectivity index is 2.10. The third kappa shape index (κ3) is 3.70. The number of rotatable bonds is 6. The molecular formula is C15H19N3OS. The summed E-state index contributed by atoms with van der Waals surface area (Å²) in [4.78, 5) is 10.9. The van der Waals surface area contributed by atoms with Gasteiger partial charge >= 0.3 is 0 Å². The van der Waals surface area contributed by atoms with Gasteiger partial charge in [-0.3, -0.25) is 4.57 Å². The van der Waals surface area contributed by atoms with E-state index < -0.39 is 0 Å². The first-order valence-corrected chi connectivity index (χ1v) is 7.66. The zero-order chi connectivity index (χ0) is 14.5. The van der Waals surface area contributed by atoms with Gasteiger partial charge in [-0.1, -0.05) is 29.5 Å². The molecule has 5 heteroatoms. The lowest BCUT2D eigenvalue weighted by atomic mass is 10.1. The molecule has 1 aromatic carbocycles. The Kier molecular flexibility index (Phi) is 4.95.